The van der Waals surface area contributed by atoms with Crippen molar-refractivity contribution in [3.63, 3.8) is 0 Å². The van der Waals surface area contributed by atoms with Crippen molar-refractivity contribution in [1.82, 2.24) is 9.71 Å². The van der Waals surface area contributed by atoms with Crippen LogP contribution in [0, 0.1) is 17.3 Å². The number of fused-ring (bicyclic) bond motifs is 1. The van der Waals surface area contributed by atoms with Crippen LogP contribution in [-0.4, -0.2) is 51.2 Å². The quantitative estimate of drug-likeness (QED) is 0.0809. The Morgan fingerprint density at radius 2 is 1.75 bits per heavy atom. The first-order chi connectivity index (χ1) is 24.8. The summed E-state index contributed by atoms with van der Waals surface area (Å²) in [5, 5.41) is 3.74. The zero-order chi connectivity index (χ0) is 37.5. The zero-order valence-corrected chi connectivity index (χ0v) is 30.9. The molecule has 0 spiro atoms. The molecule has 0 aliphatic heterocycles. The number of aromatic amines is 1. The molecular formula is C40H45N3O8S. The third kappa shape index (κ3) is 9.33. The van der Waals surface area contributed by atoms with Crippen LogP contribution in [0.4, 0.5) is 10.5 Å². The van der Waals surface area contributed by atoms with Gasteiger partial charge in [0.25, 0.3) is 15.9 Å². The van der Waals surface area contributed by atoms with Gasteiger partial charge in [-0.3, -0.25) is 14.9 Å². The molecule has 0 radical (unpaired) electrons. The van der Waals surface area contributed by atoms with Crippen LogP contribution >= 0.6 is 0 Å². The molecule has 0 saturated heterocycles. The molecule has 1 unspecified atom stereocenters. The van der Waals surface area contributed by atoms with Crippen LogP contribution < -0.4 is 14.8 Å². The van der Waals surface area contributed by atoms with Gasteiger partial charge in [0.1, 0.15) is 16.7 Å². The van der Waals surface area contributed by atoms with E-state index >= 15 is 0 Å². The average molecular weight is 728 g/mol. The molecule has 52 heavy (non-hydrogen) atoms. The maximum Gasteiger partial charge on any atom is 0.411 e. The number of carbonyl (C=O) groups excluding carboxylic acids is 3. The first-order valence-electron chi connectivity index (χ1n) is 17.4. The number of esters is 1. The Morgan fingerprint density at radius 1 is 1.00 bits per heavy atom. The van der Waals surface area contributed by atoms with Crippen molar-refractivity contribution in [2.75, 3.05) is 19.0 Å². The second-order valence-electron chi connectivity index (χ2n) is 13.8. The summed E-state index contributed by atoms with van der Waals surface area (Å²) in [4.78, 5) is 40.9. The lowest BCUT2D eigenvalue weighted by Crippen LogP contribution is -2.31. The van der Waals surface area contributed by atoms with Crippen molar-refractivity contribution in [2.45, 2.75) is 83.1 Å². The molecule has 2 amide bonds. The maximum atomic E-state index is 13.4. The molecule has 1 aromatic heterocycles. The smallest absolute Gasteiger partial charge is 0.411 e. The van der Waals surface area contributed by atoms with Gasteiger partial charge in [-0.05, 0) is 101 Å². The number of unbranched alkanes of at least 4 members (excludes halogenated alkanes) is 1. The van der Waals surface area contributed by atoms with Gasteiger partial charge < -0.3 is 19.2 Å². The normalized spacial score (nSPS) is 13.9. The second-order valence-corrected chi connectivity index (χ2v) is 15.5. The molecule has 1 heterocycles. The highest BCUT2D eigenvalue weighted by Crippen LogP contribution is 2.37. The highest BCUT2D eigenvalue weighted by molar-refractivity contribution is 7.90. The van der Waals surface area contributed by atoms with E-state index in [-0.39, 0.29) is 40.6 Å². The molecule has 1 fully saturated rings. The Hall–Kier alpha value is -5.28. The number of anilines is 1. The van der Waals surface area contributed by atoms with Gasteiger partial charge in [-0.1, -0.05) is 37.0 Å². The van der Waals surface area contributed by atoms with Gasteiger partial charge in [-0.25, -0.2) is 17.9 Å². The third-order valence-corrected chi connectivity index (χ3v) is 10.3. The van der Waals surface area contributed by atoms with E-state index < -0.39 is 27.4 Å². The zero-order valence-electron chi connectivity index (χ0n) is 30.1. The first kappa shape index (κ1) is 38.0. The molecule has 5 rings (SSSR count). The molecule has 1 aliphatic carbocycles. The SMILES string of the molecule is COc1cc(C(=O)NS(=O)(=O)c2ccccc2C#CCCCOC(=O)C(C)(C)C)ccc1C(C)c1c[nH]c2ccc(NC(=O)OC3CCCC3)cc12. The van der Waals surface area contributed by atoms with Gasteiger partial charge in [-0.15, -0.1) is 0 Å². The lowest BCUT2D eigenvalue weighted by atomic mass is 9.91. The fraction of sp³-hybridized carbons (Fsp3) is 0.375. The number of hydrogen-bond donors (Lipinski definition) is 3. The lowest BCUT2D eigenvalue weighted by Gasteiger charge is -2.17. The van der Waals surface area contributed by atoms with Crippen molar-refractivity contribution < 1.29 is 37.0 Å². The monoisotopic (exact) mass is 727 g/mol. The van der Waals surface area contributed by atoms with Gasteiger partial charge in [-0.2, -0.15) is 0 Å². The summed E-state index contributed by atoms with van der Waals surface area (Å²) in [7, 11) is -2.81. The first-order valence-corrected chi connectivity index (χ1v) is 18.8. The number of aromatic nitrogens is 1. The average Bonchev–Trinajstić information content (AvgIpc) is 3.78. The summed E-state index contributed by atoms with van der Waals surface area (Å²) in [5.41, 5.74) is 2.93. The number of sulfonamides is 1. The Balaban J connectivity index is 1.27. The lowest BCUT2D eigenvalue weighted by molar-refractivity contribution is -0.153. The number of ether oxygens (including phenoxy) is 3. The van der Waals surface area contributed by atoms with Gasteiger partial charge in [0.05, 0.1) is 19.1 Å². The molecule has 1 atom stereocenters. The summed E-state index contributed by atoms with van der Waals surface area (Å²) in [6.07, 6.45) is 6.14. The minimum atomic E-state index is -4.29. The highest BCUT2D eigenvalue weighted by Gasteiger charge is 2.25. The predicted molar refractivity (Wildman–Crippen MR) is 199 cm³/mol. The van der Waals surface area contributed by atoms with Crippen LogP contribution in [0.5, 0.6) is 5.75 Å². The van der Waals surface area contributed by atoms with Crippen LogP contribution in [0.2, 0.25) is 0 Å². The predicted octanol–water partition coefficient (Wildman–Crippen LogP) is 7.66. The van der Waals surface area contributed by atoms with Crippen molar-refractivity contribution in [3.8, 4) is 17.6 Å². The number of hydrogen-bond acceptors (Lipinski definition) is 8. The summed E-state index contributed by atoms with van der Waals surface area (Å²) >= 11 is 0. The molecule has 0 bridgehead atoms. The maximum absolute atomic E-state index is 13.4. The summed E-state index contributed by atoms with van der Waals surface area (Å²) < 4.78 is 45.5. The van der Waals surface area contributed by atoms with Crippen molar-refractivity contribution in [2.24, 2.45) is 5.41 Å². The van der Waals surface area contributed by atoms with E-state index in [0.717, 1.165) is 47.7 Å². The van der Waals surface area contributed by atoms with E-state index in [2.05, 4.69) is 26.9 Å². The third-order valence-electron chi connectivity index (χ3n) is 8.88. The van der Waals surface area contributed by atoms with E-state index in [9.17, 15) is 22.8 Å². The number of rotatable bonds is 11. The van der Waals surface area contributed by atoms with Gasteiger partial charge in [0, 0.05) is 51.8 Å². The fourth-order valence-electron chi connectivity index (χ4n) is 6.00. The van der Waals surface area contributed by atoms with Crippen LogP contribution in [-0.2, 0) is 24.3 Å². The number of nitrogens with one attached hydrogen (secondary N) is 3. The number of amides is 2. The van der Waals surface area contributed by atoms with Crippen LogP contribution in [0.25, 0.3) is 10.9 Å². The second kappa shape index (κ2) is 16.4. The Morgan fingerprint density at radius 3 is 2.48 bits per heavy atom. The minimum absolute atomic E-state index is 0.0469. The Labute approximate surface area is 304 Å². The van der Waals surface area contributed by atoms with E-state index in [0.29, 0.717) is 24.3 Å². The molecular weight excluding hydrogens is 683 g/mol. The number of H-pyrrole nitrogens is 1. The van der Waals surface area contributed by atoms with Gasteiger partial charge in [0.15, 0.2) is 0 Å². The Bertz CT molecular complexity index is 2120. The topological polar surface area (TPSA) is 153 Å². The van der Waals surface area contributed by atoms with Crippen molar-refractivity contribution in [1.29, 1.82) is 0 Å². The molecule has 11 nitrogen and oxygen atoms in total. The van der Waals surface area contributed by atoms with E-state index in [1.54, 1.807) is 51.1 Å². The van der Waals surface area contributed by atoms with Crippen molar-refractivity contribution >= 4 is 44.6 Å². The summed E-state index contributed by atoms with van der Waals surface area (Å²) in [5.74, 6) is 4.87. The summed E-state index contributed by atoms with van der Waals surface area (Å²) in [6, 6.07) is 16.6. The number of carbonyl (C=O) groups is 3. The standard InChI is InChI=1S/C40H45N3O8S/c1-26(33-25-41-34-21-19-29(24-32(33)34)42-39(46)51-30-15-9-10-16-30)31-20-18-28(23-35(31)49-5)37(44)43-52(47,48)36-17-11-8-14-27(36)13-7-6-12-22-50-38(45)40(2,3)4/h8,11,14,17-21,23-26,30,41H,6,9-10,12,15-16,22H2,1-5H3,(H,42,46)(H,43,44). The van der Waals surface area contributed by atoms with E-state index in [4.69, 9.17) is 14.2 Å². The van der Waals surface area contributed by atoms with Crippen LogP contribution in [0.1, 0.15) is 99.2 Å². The molecule has 274 valence electrons. The van der Waals surface area contributed by atoms with Crippen molar-refractivity contribution in [3.05, 3.63) is 89.1 Å². The minimum Gasteiger partial charge on any atom is -0.496 e. The number of methoxy groups -OCH3 is 1. The van der Waals surface area contributed by atoms with E-state index in [1.165, 1.54) is 19.2 Å². The Kier molecular flexibility index (Phi) is 12.0. The fourth-order valence-corrected chi connectivity index (χ4v) is 7.14. The summed E-state index contributed by atoms with van der Waals surface area (Å²) in [6.45, 7) is 7.53. The molecule has 4 aromatic rings. The molecule has 1 aliphatic rings. The number of benzene rings is 3. The molecule has 3 aromatic carbocycles. The molecule has 1 saturated carbocycles. The van der Waals surface area contributed by atoms with E-state index in [1.807, 2.05) is 31.3 Å². The van der Waals surface area contributed by atoms with Crippen LogP contribution in [0.3, 0.4) is 0 Å². The van der Waals surface area contributed by atoms with Gasteiger partial charge >= 0.3 is 12.1 Å². The van der Waals surface area contributed by atoms with Gasteiger partial charge in [0.2, 0.25) is 0 Å². The molecule has 3 N–H and O–H groups in total. The largest absolute Gasteiger partial charge is 0.496 e. The molecule has 12 heteroatoms. The highest BCUT2D eigenvalue weighted by atomic mass is 32.2. The van der Waals surface area contributed by atoms with Crippen LogP contribution in [0.15, 0.2) is 71.8 Å².